The molecular weight excluding hydrogens is 308 g/mol. The van der Waals surface area contributed by atoms with Crippen LogP contribution < -0.4 is 0 Å². The van der Waals surface area contributed by atoms with Crippen LogP contribution in [-0.4, -0.2) is 55.6 Å². The van der Waals surface area contributed by atoms with Crippen LogP contribution >= 0.6 is 0 Å². The molecule has 0 aliphatic carbocycles. The van der Waals surface area contributed by atoms with Crippen molar-refractivity contribution in [2.45, 2.75) is 77.9 Å². The number of aliphatic hydroxyl groups excluding tert-OH is 2. The van der Waals surface area contributed by atoms with Gasteiger partial charge in [0.25, 0.3) is 0 Å². The van der Waals surface area contributed by atoms with E-state index in [2.05, 4.69) is 0 Å². The molecule has 0 saturated heterocycles. The van der Waals surface area contributed by atoms with Gasteiger partial charge in [0, 0.05) is 6.42 Å². The SMILES string of the molecule is CCCC(=O)O.CCCC(O)C(=O)O.CCCCC(O)C(=O)O. The second-order valence-corrected chi connectivity index (χ2v) is 4.78. The molecule has 8 nitrogen and oxygen atoms in total. The molecule has 0 aromatic heterocycles. The van der Waals surface area contributed by atoms with Crippen molar-refractivity contribution in [3.05, 3.63) is 0 Å². The number of aliphatic hydroxyl groups is 2. The molecule has 138 valence electrons. The number of rotatable bonds is 9. The molecule has 23 heavy (non-hydrogen) atoms. The van der Waals surface area contributed by atoms with Crippen molar-refractivity contribution in [1.82, 2.24) is 0 Å². The lowest BCUT2D eigenvalue weighted by atomic mass is 10.2. The van der Waals surface area contributed by atoms with Crippen LogP contribution in [0.2, 0.25) is 0 Å². The Kier molecular flexibility index (Phi) is 21.0. The second-order valence-electron chi connectivity index (χ2n) is 4.78. The molecule has 0 fully saturated rings. The van der Waals surface area contributed by atoms with Crippen molar-refractivity contribution < 1.29 is 39.9 Å². The van der Waals surface area contributed by atoms with E-state index in [9.17, 15) is 14.4 Å². The molecule has 0 rings (SSSR count). The summed E-state index contributed by atoms with van der Waals surface area (Å²) < 4.78 is 0. The number of hydrogen-bond donors (Lipinski definition) is 5. The first kappa shape index (κ1) is 26.2. The molecule has 2 unspecified atom stereocenters. The molecule has 0 bridgehead atoms. The van der Waals surface area contributed by atoms with Gasteiger partial charge in [0.1, 0.15) is 0 Å². The molecule has 8 heteroatoms. The number of hydrogen-bond acceptors (Lipinski definition) is 5. The average Bonchev–Trinajstić information content (AvgIpc) is 2.45. The Hall–Kier alpha value is -1.67. The lowest BCUT2D eigenvalue weighted by molar-refractivity contribution is -0.147. The van der Waals surface area contributed by atoms with Crippen molar-refractivity contribution in [2.75, 3.05) is 0 Å². The molecule has 0 aromatic carbocycles. The van der Waals surface area contributed by atoms with Crippen molar-refractivity contribution in [1.29, 1.82) is 0 Å². The summed E-state index contributed by atoms with van der Waals surface area (Å²) >= 11 is 0. The van der Waals surface area contributed by atoms with E-state index in [1.54, 1.807) is 0 Å². The van der Waals surface area contributed by atoms with Crippen LogP contribution in [0, 0.1) is 0 Å². The van der Waals surface area contributed by atoms with Gasteiger partial charge in [0.15, 0.2) is 12.2 Å². The van der Waals surface area contributed by atoms with E-state index in [0.29, 0.717) is 25.7 Å². The minimum Gasteiger partial charge on any atom is -0.481 e. The fourth-order valence-electron chi connectivity index (χ4n) is 1.13. The molecule has 0 aromatic rings. The van der Waals surface area contributed by atoms with E-state index in [1.165, 1.54) is 0 Å². The van der Waals surface area contributed by atoms with Crippen LogP contribution in [0.25, 0.3) is 0 Å². The monoisotopic (exact) mass is 338 g/mol. The maximum absolute atomic E-state index is 9.96. The van der Waals surface area contributed by atoms with Gasteiger partial charge in [0.05, 0.1) is 0 Å². The highest BCUT2D eigenvalue weighted by atomic mass is 16.4. The van der Waals surface area contributed by atoms with E-state index in [-0.39, 0.29) is 0 Å². The number of unbranched alkanes of at least 4 members (excludes halogenated alkanes) is 1. The first-order valence-corrected chi connectivity index (χ1v) is 7.67. The summed E-state index contributed by atoms with van der Waals surface area (Å²) in [6.45, 7) is 5.62. The summed E-state index contributed by atoms with van der Waals surface area (Å²) in [5.74, 6) is -2.96. The van der Waals surface area contributed by atoms with Gasteiger partial charge in [0.2, 0.25) is 0 Å². The maximum Gasteiger partial charge on any atom is 0.332 e. The third-order valence-electron chi connectivity index (χ3n) is 2.43. The van der Waals surface area contributed by atoms with E-state index < -0.39 is 30.1 Å². The molecule has 2 atom stereocenters. The summed E-state index contributed by atoms with van der Waals surface area (Å²) in [7, 11) is 0. The highest BCUT2D eigenvalue weighted by Gasteiger charge is 2.10. The van der Waals surface area contributed by atoms with Crippen LogP contribution in [0.15, 0.2) is 0 Å². The van der Waals surface area contributed by atoms with Crippen LogP contribution in [-0.2, 0) is 14.4 Å². The Balaban J connectivity index is -0.000000266. The third-order valence-corrected chi connectivity index (χ3v) is 2.43. The smallest absolute Gasteiger partial charge is 0.332 e. The predicted octanol–water partition coefficient (Wildman–Crippen LogP) is 1.73. The van der Waals surface area contributed by atoms with Crippen LogP contribution in [0.5, 0.6) is 0 Å². The highest BCUT2D eigenvalue weighted by Crippen LogP contribution is 1.99. The standard InChI is InChI=1S/C6H12O3.C5H10O3.C4H8O2/c1-2-3-4-5(7)6(8)9;1-2-3-4(6)5(7)8;1-2-3-4(5)6/h5,7H,2-4H2,1H3,(H,8,9);4,6H,2-3H2,1H3,(H,7,8);2-3H2,1H3,(H,5,6). The minimum atomic E-state index is -1.17. The van der Waals surface area contributed by atoms with Crippen molar-refractivity contribution in [3.63, 3.8) is 0 Å². The molecule has 0 spiro atoms. The Morgan fingerprint density at radius 2 is 1.17 bits per heavy atom. The summed E-state index contributed by atoms with van der Waals surface area (Å²) in [5, 5.41) is 41.3. The summed E-state index contributed by atoms with van der Waals surface area (Å²) in [5.41, 5.74) is 0. The lowest BCUT2D eigenvalue weighted by Crippen LogP contribution is -2.18. The van der Waals surface area contributed by atoms with Gasteiger partial charge in [-0.05, 0) is 19.3 Å². The van der Waals surface area contributed by atoms with Crippen molar-refractivity contribution >= 4 is 17.9 Å². The number of aliphatic carboxylic acids is 3. The fourth-order valence-corrected chi connectivity index (χ4v) is 1.13. The van der Waals surface area contributed by atoms with Gasteiger partial charge in [-0.2, -0.15) is 0 Å². The molecule has 0 amide bonds. The number of carboxylic acids is 3. The van der Waals surface area contributed by atoms with Crippen molar-refractivity contribution in [2.24, 2.45) is 0 Å². The number of carboxylic acid groups (broad SMARTS) is 3. The van der Waals surface area contributed by atoms with Crippen molar-refractivity contribution in [3.8, 4) is 0 Å². The Bertz CT molecular complexity index is 317. The van der Waals surface area contributed by atoms with Crippen LogP contribution in [0.1, 0.15) is 65.7 Å². The average molecular weight is 338 g/mol. The second kappa shape index (κ2) is 18.4. The van der Waals surface area contributed by atoms with Crippen LogP contribution in [0.3, 0.4) is 0 Å². The Labute approximate surface area is 136 Å². The molecule has 5 N–H and O–H groups in total. The normalized spacial score (nSPS) is 11.9. The molecule has 0 saturated carbocycles. The minimum absolute atomic E-state index is 0.292. The van der Waals surface area contributed by atoms with Gasteiger partial charge < -0.3 is 25.5 Å². The van der Waals surface area contributed by atoms with Gasteiger partial charge >= 0.3 is 17.9 Å². The zero-order chi connectivity index (χ0) is 18.8. The highest BCUT2D eigenvalue weighted by molar-refractivity contribution is 5.72. The molecule has 0 aliphatic rings. The Morgan fingerprint density at radius 1 is 0.739 bits per heavy atom. The van der Waals surface area contributed by atoms with E-state index in [1.807, 2.05) is 20.8 Å². The maximum atomic E-state index is 9.96. The third kappa shape index (κ3) is 25.6. The quantitative estimate of drug-likeness (QED) is 0.426. The Morgan fingerprint density at radius 3 is 1.35 bits per heavy atom. The molecule has 0 aliphatic heterocycles. The molecule has 0 radical (unpaired) electrons. The van der Waals surface area contributed by atoms with Gasteiger partial charge in [-0.3, -0.25) is 4.79 Å². The van der Waals surface area contributed by atoms with Gasteiger partial charge in [-0.15, -0.1) is 0 Å². The van der Waals surface area contributed by atoms with E-state index >= 15 is 0 Å². The lowest BCUT2D eigenvalue weighted by Gasteiger charge is -2.01. The van der Waals surface area contributed by atoms with Gasteiger partial charge in [-0.1, -0.05) is 40.0 Å². The summed E-state index contributed by atoms with van der Waals surface area (Å²) in [6, 6.07) is 0. The van der Waals surface area contributed by atoms with E-state index in [0.717, 1.165) is 19.3 Å². The summed E-state index contributed by atoms with van der Waals surface area (Å²) in [6.07, 6.45) is 1.80. The summed E-state index contributed by atoms with van der Waals surface area (Å²) in [4.78, 5) is 29.4. The molecule has 0 heterocycles. The molecular formula is C15H30O8. The topological polar surface area (TPSA) is 152 Å². The first-order valence-electron chi connectivity index (χ1n) is 7.67. The van der Waals surface area contributed by atoms with Gasteiger partial charge in [-0.25, -0.2) is 9.59 Å². The largest absolute Gasteiger partial charge is 0.481 e. The predicted molar refractivity (Wildman–Crippen MR) is 84.3 cm³/mol. The van der Waals surface area contributed by atoms with Crippen LogP contribution in [0.4, 0.5) is 0 Å². The van der Waals surface area contributed by atoms with E-state index in [4.69, 9.17) is 25.5 Å². The zero-order valence-corrected chi connectivity index (χ0v) is 14.1. The first-order chi connectivity index (χ1) is 10.6. The number of carbonyl (C=O) groups is 3. The zero-order valence-electron chi connectivity index (χ0n) is 14.1. The fraction of sp³-hybridized carbons (Fsp3) is 0.800.